The van der Waals surface area contributed by atoms with Crippen LogP contribution in [-0.2, 0) is 10.0 Å². The molecular weight excluding hydrogens is 391 g/mol. The van der Waals surface area contributed by atoms with Crippen molar-refractivity contribution >= 4 is 39.0 Å². The van der Waals surface area contributed by atoms with E-state index in [9.17, 15) is 8.42 Å². The molecule has 0 unspecified atom stereocenters. The van der Waals surface area contributed by atoms with E-state index < -0.39 is 10.0 Å². The zero-order valence-corrected chi connectivity index (χ0v) is 16.5. The van der Waals surface area contributed by atoms with Gasteiger partial charge in [-0.3, -0.25) is 4.72 Å². The van der Waals surface area contributed by atoms with Crippen LogP contribution in [-0.4, -0.2) is 13.4 Å². The summed E-state index contributed by atoms with van der Waals surface area (Å²) in [5, 5.41) is 0.886. The van der Waals surface area contributed by atoms with Crippen molar-refractivity contribution in [2.45, 2.75) is 18.7 Å². The van der Waals surface area contributed by atoms with Gasteiger partial charge in [0, 0.05) is 11.3 Å². The number of nitrogens with zero attached hydrogens (tertiary/aromatic N) is 1. The van der Waals surface area contributed by atoms with Gasteiger partial charge in [0.1, 0.15) is 5.82 Å². The lowest BCUT2D eigenvalue weighted by atomic mass is 10.0. The molecular formula is C19H16Cl2N2O2S. The molecule has 0 amide bonds. The number of sulfonamides is 1. The first-order valence-corrected chi connectivity index (χ1v) is 10.0. The van der Waals surface area contributed by atoms with Crippen LogP contribution < -0.4 is 4.72 Å². The second kappa shape index (κ2) is 7.27. The van der Waals surface area contributed by atoms with E-state index in [1.165, 1.54) is 0 Å². The molecule has 0 atom stereocenters. The molecule has 0 saturated heterocycles. The van der Waals surface area contributed by atoms with Gasteiger partial charge in [0.25, 0.3) is 10.0 Å². The van der Waals surface area contributed by atoms with E-state index in [0.29, 0.717) is 15.6 Å². The normalized spacial score (nSPS) is 11.4. The summed E-state index contributed by atoms with van der Waals surface area (Å²) in [7, 11) is -3.75. The number of aryl methyl sites for hydroxylation is 2. The van der Waals surface area contributed by atoms with E-state index in [4.69, 9.17) is 23.2 Å². The average molecular weight is 407 g/mol. The molecule has 4 nitrogen and oxygen atoms in total. The Bertz CT molecular complexity index is 1080. The van der Waals surface area contributed by atoms with Gasteiger partial charge < -0.3 is 0 Å². The Morgan fingerprint density at radius 1 is 0.962 bits per heavy atom. The molecule has 3 aromatic rings. The predicted molar refractivity (Wildman–Crippen MR) is 106 cm³/mol. The first kappa shape index (κ1) is 18.7. The molecule has 0 bridgehead atoms. The van der Waals surface area contributed by atoms with Crippen molar-refractivity contribution < 1.29 is 8.42 Å². The largest absolute Gasteiger partial charge is 0.263 e. The van der Waals surface area contributed by atoms with Crippen LogP contribution in [0.1, 0.15) is 11.3 Å². The molecule has 7 heteroatoms. The van der Waals surface area contributed by atoms with Crippen LogP contribution in [0.3, 0.4) is 0 Å². The smallest absolute Gasteiger partial charge is 0.263 e. The molecule has 3 rings (SSSR count). The number of hydrogen-bond donors (Lipinski definition) is 1. The summed E-state index contributed by atoms with van der Waals surface area (Å²) < 4.78 is 27.9. The quantitative estimate of drug-likeness (QED) is 0.624. The number of anilines is 1. The van der Waals surface area contributed by atoms with Crippen LogP contribution in [0.4, 0.5) is 5.82 Å². The first-order chi connectivity index (χ1) is 12.3. The summed E-state index contributed by atoms with van der Waals surface area (Å²) in [4.78, 5) is 4.36. The molecule has 1 aromatic heterocycles. The fourth-order valence-electron chi connectivity index (χ4n) is 2.64. The summed E-state index contributed by atoms with van der Waals surface area (Å²) in [6, 6.07) is 15.5. The Morgan fingerprint density at radius 2 is 1.69 bits per heavy atom. The van der Waals surface area contributed by atoms with Gasteiger partial charge in [-0.1, -0.05) is 53.5 Å². The van der Waals surface area contributed by atoms with Crippen molar-refractivity contribution in [2.24, 2.45) is 0 Å². The number of pyridine rings is 1. The summed E-state index contributed by atoms with van der Waals surface area (Å²) >= 11 is 12.3. The fourth-order valence-corrected chi connectivity index (χ4v) is 4.28. The molecule has 2 aromatic carbocycles. The highest BCUT2D eigenvalue weighted by Gasteiger charge is 2.18. The zero-order valence-electron chi connectivity index (χ0n) is 14.1. The van der Waals surface area contributed by atoms with Gasteiger partial charge in [0.15, 0.2) is 0 Å². The lowest BCUT2D eigenvalue weighted by molar-refractivity contribution is 0.600. The van der Waals surface area contributed by atoms with Crippen LogP contribution in [0.25, 0.3) is 11.1 Å². The minimum atomic E-state index is -3.75. The molecule has 1 heterocycles. The number of nitrogens with one attached hydrogen (secondary N) is 1. The van der Waals surface area contributed by atoms with Crippen molar-refractivity contribution in [2.75, 3.05) is 4.72 Å². The lowest BCUT2D eigenvalue weighted by Crippen LogP contribution is -2.15. The van der Waals surface area contributed by atoms with E-state index in [2.05, 4.69) is 9.71 Å². The maximum absolute atomic E-state index is 12.7. The number of halogens is 2. The third-order valence-corrected chi connectivity index (χ3v) is 6.19. The standard InChI is InChI=1S/C19H16Cl2N2O2S/c1-12-11-14(15-6-4-7-16(20)19(15)21)9-10-17(12)26(24,25)23-18-8-3-5-13(2)22-18/h3-11H,1-2H3,(H,22,23). The molecule has 0 aliphatic heterocycles. The summed E-state index contributed by atoms with van der Waals surface area (Å²) in [5.41, 5.74) is 2.87. The molecule has 26 heavy (non-hydrogen) atoms. The van der Waals surface area contributed by atoms with Gasteiger partial charge in [-0.25, -0.2) is 13.4 Å². The van der Waals surface area contributed by atoms with Gasteiger partial charge in [-0.05, 0) is 49.2 Å². The minimum absolute atomic E-state index is 0.183. The molecule has 0 aliphatic rings. The SMILES string of the molecule is Cc1cccc(NS(=O)(=O)c2ccc(-c3cccc(Cl)c3Cl)cc2C)n1. The highest BCUT2D eigenvalue weighted by Crippen LogP contribution is 2.34. The fraction of sp³-hybridized carbons (Fsp3) is 0.105. The lowest BCUT2D eigenvalue weighted by Gasteiger charge is -2.12. The van der Waals surface area contributed by atoms with Crippen LogP contribution in [0.2, 0.25) is 10.0 Å². The van der Waals surface area contributed by atoms with Crippen LogP contribution >= 0.6 is 23.2 Å². The van der Waals surface area contributed by atoms with Crippen LogP contribution in [0, 0.1) is 13.8 Å². The number of aromatic nitrogens is 1. The maximum Gasteiger partial charge on any atom is 0.263 e. The Balaban J connectivity index is 1.98. The average Bonchev–Trinajstić information content (AvgIpc) is 2.56. The highest BCUT2D eigenvalue weighted by atomic mass is 35.5. The monoisotopic (exact) mass is 406 g/mol. The predicted octanol–water partition coefficient (Wildman–Crippen LogP) is 5.47. The number of hydrogen-bond acceptors (Lipinski definition) is 3. The first-order valence-electron chi connectivity index (χ1n) is 7.79. The third-order valence-electron chi connectivity index (χ3n) is 3.85. The summed E-state index contributed by atoms with van der Waals surface area (Å²) in [5.74, 6) is 0.284. The van der Waals surface area contributed by atoms with Crippen LogP contribution in [0.15, 0.2) is 59.5 Å². The van der Waals surface area contributed by atoms with E-state index in [-0.39, 0.29) is 10.7 Å². The topological polar surface area (TPSA) is 59.1 Å². The van der Waals surface area contributed by atoms with E-state index >= 15 is 0 Å². The zero-order chi connectivity index (χ0) is 18.9. The highest BCUT2D eigenvalue weighted by molar-refractivity contribution is 7.92. The Kier molecular flexibility index (Phi) is 5.23. The van der Waals surface area contributed by atoms with Gasteiger partial charge in [0.05, 0.1) is 14.9 Å². The van der Waals surface area contributed by atoms with Crippen molar-refractivity contribution in [1.82, 2.24) is 4.98 Å². The second-order valence-electron chi connectivity index (χ2n) is 5.85. The second-order valence-corrected chi connectivity index (χ2v) is 8.29. The molecule has 1 N–H and O–H groups in total. The van der Waals surface area contributed by atoms with Crippen molar-refractivity contribution in [1.29, 1.82) is 0 Å². The molecule has 0 fully saturated rings. The Labute approximate surface area is 162 Å². The van der Waals surface area contributed by atoms with Crippen molar-refractivity contribution in [3.05, 3.63) is 75.9 Å². The van der Waals surface area contributed by atoms with Crippen molar-refractivity contribution in [3.8, 4) is 11.1 Å². The third kappa shape index (κ3) is 3.85. The number of rotatable bonds is 4. The van der Waals surface area contributed by atoms with E-state index in [1.807, 2.05) is 6.07 Å². The Hall–Kier alpha value is -2.08. The van der Waals surface area contributed by atoms with Crippen molar-refractivity contribution in [3.63, 3.8) is 0 Å². The maximum atomic E-state index is 12.7. The molecule has 0 saturated carbocycles. The molecule has 0 radical (unpaired) electrons. The summed E-state index contributed by atoms with van der Waals surface area (Å²) in [6.45, 7) is 3.53. The van der Waals surface area contributed by atoms with Gasteiger partial charge in [-0.15, -0.1) is 0 Å². The molecule has 134 valence electrons. The van der Waals surface area contributed by atoms with Gasteiger partial charge in [0.2, 0.25) is 0 Å². The minimum Gasteiger partial charge on any atom is -0.263 e. The molecule has 0 spiro atoms. The van der Waals surface area contributed by atoms with Gasteiger partial charge >= 0.3 is 0 Å². The van der Waals surface area contributed by atoms with Crippen LogP contribution in [0.5, 0.6) is 0 Å². The molecule has 0 aliphatic carbocycles. The van der Waals surface area contributed by atoms with E-state index in [0.717, 1.165) is 16.8 Å². The summed E-state index contributed by atoms with van der Waals surface area (Å²) in [6.07, 6.45) is 0. The van der Waals surface area contributed by atoms with Gasteiger partial charge in [-0.2, -0.15) is 0 Å². The Morgan fingerprint density at radius 3 is 2.38 bits per heavy atom. The number of benzene rings is 2. The van der Waals surface area contributed by atoms with E-state index in [1.54, 1.807) is 62.4 Å².